The number of para-hydroxylation sites is 1. The number of phenolic OH excluding ortho intramolecular Hbond substituents is 1. The fourth-order valence-corrected chi connectivity index (χ4v) is 3.03. The van der Waals surface area contributed by atoms with Crippen molar-refractivity contribution in [3.8, 4) is 16.5 Å². The summed E-state index contributed by atoms with van der Waals surface area (Å²) in [5.74, 6) is 1.29. The van der Waals surface area contributed by atoms with E-state index in [1.54, 1.807) is 23.5 Å². The van der Waals surface area contributed by atoms with Gasteiger partial charge in [0, 0.05) is 15.4 Å². The van der Waals surface area contributed by atoms with Crippen LogP contribution in [-0.2, 0) is 6.42 Å². The van der Waals surface area contributed by atoms with Crippen LogP contribution in [0.1, 0.15) is 11.5 Å². The standard InChI is InChI=1S/C13H9BrN2O2S/c14-9-6-11(19-7-9)13-15-12(18-16-13)5-8-3-1-2-4-10(8)17/h1-4,6-7,17H,5H2. The molecule has 0 bridgehead atoms. The molecule has 0 radical (unpaired) electrons. The number of hydrogen-bond donors (Lipinski definition) is 1. The van der Waals surface area contributed by atoms with E-state index in [-0.39, 0.29) is 5.75 Å². The van der Waals surface area contributed by atoms with E-state index in [0.29, 0.717) is 18.1 Å². The number of thiophene rings is 1. The van der Waals surface area contributed by atoms with Gasteiger partial charge in [-0.25, -0.2) is 0 Å². The lowest BCUT2D eigenvalue weighted by Gasteiger charge is -1.99. The van der Waals surface area contributed by atoms with Crippen molar-refractivity contribution < 1.29 is 9.63 Å². The number of halogens is 1. The maximum atomic E-state index is 9.71. The number of aromatic hydroxyl groups is 1. The lowest BCUT2D eigenvalue weighted by atomic mass is 10.1. The van der Waals surface area contributed by atoms with Crippen molar-refractivity contribution >= 4 is 27.3 Å². The SMILES string of the molecule is Oc1ccccc1Cc1nc(-c2cc(Br)cs2)no1. The minimum absolute atomic E-state index is 0.237. The third-order valence-electron chi connectivity index (χ3n) is 2.59. The summed E-state index contributed by atoms with van der Waals surface area (Å²) >= 11 is 4.93. The first kappa shape index (κ1) is 12.4. The Bertz CT molecular complexity index is 708. The Morgan fingerprint density at radius 2 is 2.16 bits per heavy atom. The van der Waals surface area contributed by atoms with E-state index < -0.39 is 0 Å². The van der Waals surface area contributed by atoms with Crippen LogP contribution in [0.5, 0.6) is 5.75 Å². The molecule has 0 fully saturated rings. The third-order valence-corrected chi connectivity index (χ3v) is 4.28. The molecule has 3 aromatic rings. The first-order valence-electron chi connectivity index (χ1n) is 5.56. The molecule has 1 aromatic carbocycles. The van der Waals surface area contributed by atoms with E-state index in [2.05, 4.69) is 26.1 Å². The molecule has 1 N–H and O–H groups in total. The zero-order valence-electron chi connectivity index (χ0n) is 9.71. The third kappa shape index (κ3) is 2.69. The molecule has 2 aromatic heterocycles. The van der Waals surface area contributed by atoms with Crippen molar-refractivity contribution in [2.24, 2.45) is 0 Å². The van der Waals surface area contributed by atoms with E-state index in [1.165, 1.54) is 0 Å². The van der Waals surface area contributed by atoms with E-state index in [0.717, 1.165) is 14.9 Å². The average Bonchev–Trinajstić information content (AvgIpc) is 3.01. The highest BCUT2D eigenvalue weighted by molar-refractivity contribution is 9.10. The number of nitrogens with zero attached hydrogens (tertiary/aromatic N) is 2. The van der Waals surface area contributed by atoms with Crippen LogP contribution >= 0.6 is 27.3 Å². The molecule has 0 amide bonds. The molecule has 0 aliphatic heterocycles. The zero-order chi connectivity index (χ0) is 13.2. The molecular formula is C13H9BrN2O2S. The summed E-state index contributed by atoms with van der Waals surface area (Å²) < 4.78 is 6.21. The predicted molar refractivity (Wildman–Crippen MR) is 76.2 cm³/mol. The lowest BCUT2D eigenvalue weighted by molar-refractivity contribution is 0.383. The van der Waals surface area contributed by atoms with Crippen molar-refractivity contribution in [2.45, 2.75) is 6.42 Å². The second-order valence-electron chi connectivity index (χ2n) is 3.95. The Morgan fingerprint density at radius 3 is 2.89 bits per heavy atom. The fraction of sp³-hybridized carbons (Fsp3) is 0.0769. The first-order valence-corrected chi connectivity index (χ1v) is 7.23. The highest BCUT2D eigenvalue weighted by atomic mass is 79.9. The van der Waals surface area contributed by atoms with Crippen LogP contribution in [0, 0.1) is 0 Å². The van der Waals surface area contributed by atoms with E-state index in [4.69, 9.17) is 4.52 Å². The number of hydrogen-bond acceptors (Lipinski definition) is 5. The molecule has 2 heterocycles. The van der Waals surface area contributed by atoms with Gasteiger partial charge >= 0.3 is 0 Å². The Kier molecular flexibility index (Phi) is 3.35. The molecule has 96 valence electrons. The Morgan fingerprint density at radius 1 is 1.32 bits per heavy atom. The van der Waals surface area contributed by atoms with Gasteiger partial charge in [-0.05, 0) is 28.1 Å². The molecule has 0 aliphatic carbocycles. The summed E-state index contributed by atoms with van der Waals surface area (Å²) in [7, 11) is 0. The molecule has 19 heavy (non-hydrogen) atoms. The summed E-state index contributed by atoms with van der Waals surface area (Å²) in [5.41, 5.74) is 0.769. The van der Waals surface area contributed by atoms with Crippen molar-refractivity contribution in [1.82, 2.24) is 10.1 Å². The van der Waals surface area contributed by atoms with Gasteiger partial charge in [0.05, 0.1) is 11.3 Å². The normalized spacial score (nSPS) is 10.8. The number of aromatic nitrogens is 2. The molecule has 0 unspecified atom stereocenters. The van der Waals surface area contributed by atoms with Crippen molar-refractivity contribution in [1.29, 1.82) is 0 Å². The largest absolute Gasteiger partial charge is 0.508 e. The maximum Gasteiger partial charge on any atom is 0.231 e. The molecule has 4 nitrogen and oxygen atoms in total. The van der Waals surface area contributed by atoms with Crippen LogP contribution in [0.2, 0.25) is 0 Å². The molecule has 0 aliphatic rings. The van der Waals surface area contributed by atoms with Gasteiger partial charge in [-0.3, -0.25) is 0 Å². The van der Waals surface area contributed by atoms with Gasteiger partial charge in [0.25, 0.3) is 0 Å². The minimum Gasteiger partial charge on any atom is -0.508 e. The van der Waals surface area contributed by atoms with Gasteiger partial charge in [0.15, 0.2) is 0 Å². The van der Waals surface area contributed by atoms with E-state index in [1.807, 2.05) is 23.6 Å². The predicted octanol–water partition coefficient (Wildman–Crippen LogP) is 3.86. The maximum absolute atomic E-state index is 9.71. The molecule has 0 saturated carbocycles. The second kappa shape index (κ2) is 5.14. The quantitative estimate of drug-likeness (QED) is 0.788. The van der Waals surface area contributed by atoms with E-state index in [9.17, 15) is 5.11 Å². The number of rotatable bonds is 3. The monoisotopic (exact) mass is 336 g/mol. The van der Waals surface area contributed by atoms with Crippen LogP contribution in [0.4, 0.5) is 0 Å². The van der Waals surface area contributed by atoms with Crippen LogP contribution < -0.4 is 0 Å². The fourth-order valence-electron chi connectivity index (χ4n) is 1.68. The van der Waals surface area contributed by atoms with Crippen molar-refractivity contribution in [3.05, 3.63) is 51.6 Å². The molecule has 0 atom stereocenters. The zero-order valence-corrected chi connectivity index (χ0v) is 12.1. The Hall–Kier alpha value is -1.66. The molecule has 6 heteroatoms. The van der Waals surface area contributed by atoms with Gasteiger partial charge in [0.2, 0.25) is 11.7 Å². The van der Waals surface area contributed by atoms with Crippen LogP contribution in [0.25, 0.3) is 10.7 Å². The van der Waals surface area contributed by atoms with Crippen molar-refractivity contribution in [3.63, 3.8) is 0 Å². The van der Waals surface area contributed by atoms with E-state index >= 15 is 0 Å². The Labute approximate surface area is 121 Å². The number of benzene rings is 1. The van der Waals surface area contributed by atoms with Crippen molar-refractivity contribution in [2.75, 3.05) is 0 Å². The van der Waals surface area contributed by atoms with Crippen LogP contribution in [-0.4, -0.2) is 15.2 Å². The summed E-state index contributed by atoms with van der Waals surface area (Å²) in [6.07, 6.45) is 0.423. The second-order valence-corrected chi connectivity index (χ2v) is 5.77. The van der Waals surface area contributed by atoms with Gasteiger partial charge in [-0.15, -0.1) is 11.3 Å². The van der Waals surface area contributed by atoms with Gasteiger partial charge in [0.1, 0.15) is 5.75 Å². The summed E-state index contributed by atoms with van der Waals surface area (Å²) in [6.45, 7) is 0. The molecule has 0 spiro atoms. The summed E-state index contributed by atoms with van der Waals surface area (Å²) in [5, 5.41) is 15.6. The van der Waals surface area contributed by atoms with Gasteiger partial charge in [-0.1, -0.05) is 23.4 Å². The highest BCUT2D eigenvalue weighted by Crippen LogP contribution is 2.28. The molecule has 0 saturated heterocycles. The molecular weight excluding hydrogens is 328 g/mol. The lowest BCUT2D eigenvalue weighted by Crippen LogP contribution is -1.88. The van der Waals surface area contributed by atoms with Gasteiger partial charge < -0.3 is 9.63 Å². The van der Waals surface area contributed by atoms with Crippen LogP contribution in [0.15, 0.2) is 44.7 Å². The topological polar surface area (TPSA) is 59.2 Å². The first-order chi connectivity index (χ1) is 9.22. The number of phenols is 1. The molecule has 3 rings (SSSR count). The summed E-state index contributed by atoms with van der Waals surface area (Å²) in [6, 6.07) is 9.06. The summed E-state index contributed by atoms with van der Waals surface area (Å²) in [4.78, 5) is 5.27. The van der Waals surface area contributed by atoms with Gasteiger partial charge in [-0.2, -0.15) is 4.98 Å². The highest BCUT2D eigenvalue weighted by Gasteiger charge is 2.12. The average molecular weight is 337 g/mol. The van der Waals surface area contributed by atoms with Crippen LogP contribution in [0.3, 0.4) is 0 Å². The Balaban J connectivity index is 1.84. The smallest absolute Gasteiger partial charge is 0.231 e. The minimum atomic E-state index is 0.237.